The van der Waals surface area contributed by atoms with Crippen molar-refractivity contribution in [1.82, 2.24) is 9.29 Å². The number of nitrogen functional groups attached to an aromatic ring is 1. The van der Waals surface area contributed by atoms with E-state index in [0.717, 1.165) is 4.31 Å². The first kappa shape index (κ1) is 14.4. The van der Waals surface area contributed by atoms with Gasteiger partial charge >= 0.3 is 0 Å². The molecule has 0 fully saturated rings. The summed E-state index contributed by atoms with van der Waals surface area (Å²) in [4.78, 5) is 3.82. The summed E-state index contributed by atoms with van der Waals surface area (Å²) in [7, 11) is -2.30. The van der Waals surface area contributed by atoms with Crippen LogP contribution in [-0.2, 0) is 10.0 Å². The van der Waals surface area contributed by atoms with Gasteiger partial charge in [-0.05, 0) is 19.1 Å². The zero-order valence-electron chi connectivity index (χ0n) is 10.2. The first-order valence-corrected chi connectivity index (χ1v) is 6.65. The predicted octanol–water partition coefficient (Wildman–Crippen LogP) is 0.147. The van der Waals surface area contributed by atoms with Crippen LogP contribution in [0.2, 0.25) is 0 Å². The van der Waals surface area contributed by atoms with E-state index in [1.165, 1.54) is 25.4 Å². The minimum Gasteiger partial charge on any atom is -0.307 e. The highest BCUT2D eigenvalue weighted by atomic mass is 32.2. The summed E-state index contributed by atoms with van der Waals surface area (Å²) < 4.78 is 25.6. The summed E-state index contributed by atoms with van der Waals surface area (Å²) in [5.41, 5.74) is 2.24. The second kappa shape index (κ2) is 5.77. The number of pyridine rings is 1. The minimum absolute atomic E-state index is 0.0138. The van der Waals surface area contributed by atoms with E-state index >= 15 is 0 Å². The van der Waals surface area contributed by atoms with Crippen LogP contribution in [-0.4, -0.2) is 31.3 Å². The molecule has 1 rings (SSSR count). The number of hydrogen-bond acceptors (Lipinski definition) is 6. The van der Waals surface area contributed by atoms with E-state index < -0.39 is 15.9 Å². The molecule has 0 radical (unpaired) electrons. The van der Waals surface area contributed by atoms with Crippen LogP contribution in [0.1, 0.15) is 6.92 Å². The van der Waals surface area contributed by atoms with Crippen LogP contribution in [0.15, 0.2) is 23.2 Å². The van der Waals surface area contributed by atoms with Gasteiger partial charge in [-0.2, -0.15) is 9.57 Å². The third-order valence-corrected chi connectivity index (χ3v) is 4.20. The lowest BCUT2D eigenvalue weighted by Gasteiger charge is -2.19. The summed E-state index contributed by atoms with van der Waals surface area (Å²) in [6.07, 6.45) is 1.44. The maximum absolute atomic E-state index is 12.2. The van der Waals surface area contributed by atoms with Crippen molar-refractivity contribution >= 4 is 15.8 Å². The van der Waals surface area contributed by atoms with E-state index in [1.54, 1.807) is 6.92 Å². The maximum Gasteiger partial charge on any atom is 0.246 e. The molecule has 0 bridgehead atoms. The summed E-state index contributed by atoms with van der Waals surface area (Å²) in [6.45, 7) is 1.76. The summed E-state index contributed by atoms with van der Waals surface area (Å²) in [5, 5.41) is 8.70. The van der Waals surface area contributed by atoms with Crippen molar-refractivity contribution in [2.75, 3.05) is 19.0 Å². The molecular formula is C10H15N5O2S. The number of nitrogens with zero attached hydrogens (tertiary/aromatic N) is 3. The molecular weight excluding hydrogens is 254 g/mol. The first-order valence-electron chi connectivity index (χ1n) is 5.21. The van der Waals surface area contributed by atoms with E-state index in [9.17, 15) is 8.42 Å². The maximum atomic E-state index is 12.2. The molecule has 98 valence electrons. The third-order valence-electron chi connectivity index (χ3n) is 2.35. The van der Waals surface area contributed by atoms with Gasteiger partial charge in [0, 0.05) is 19.8 Å². The Hall–Kier alpha value is -1.69. The average Bonchev–Trinajstić information content (AvgIpc) is 2.38. The highest BCUT2D eigenvalue weighted by molar-refractivity contribution is 7.89. The van der Waals surface area contributed by atoms with Crippen molar-refractivity contribution in [2.45, 2.75) is 11.8 Å². The Morgan fingerprint density at radius 2 is 2.33 bits per heavy atom. The van der Waals surface area contributed by atoms with Gasteiger partial charge in [-0.25, -0.2) is 19.2 Å². The van der Waals surface area contributed by atoms with Gasteiger partial charge in [0.05, 0.1) is 12.0 Å². The molecule has 0 aliphatic heterocycles. The Morgan fingerprint density at radius 1 is 1.67 bits per heavy atom. The lowest BCUT2D eigenvalue weighted by molar-refractivity contribution is 0.439. The second-order valence-electron chi connectivity index (χ2n) is 3.81. The van der Waals surface area contributed by atoms with Crippen LogP contribution in [0, 0.1) is 17.2 Å². The summed E-state index contributed by atoms with van der Waals surface area (Å²) in [6, 6.07) is 4.90. The summed E-state index contributed by atoms with van der Waals surface area (Å²) in [5.74, 6) is 4.91. The number of aromatic nitrogens is 1. The number of nitrogens with one attached hydrogen (secondary N) is 1. The molecule has 3 N–H and O–H groups in total. The normalized spacial score (nSPS) is 13.1. The molecule has 1 atom stereocenters. The fourth-order valence-electron chi connectivity index (χ4n) is 1.40. The quantitative estimate of drug-likeness (QED) is 0.581. The molecule has 8 heteroatoms. The standard InChI is InChI=1S/C10H15N5O2S/c1-8(6-11)7-15(2)18(16,17)9-4-3-5-13-10(9)14-12/h3-5,8H,7,12H2,1-2H3,(H,13,14). The van der Waals surface area contributed by atoms with E-state index in [4.69, 9.17) is 11.1 Å². The minimum atomic E-state index is -3.71. The van der Waals surface area contributed by atoms with Crippen LogP contribution in [0.5, 0.6) is 0 Å². The smallest absolute Gasteiger partial charge is 0.246 e. The van der Waals surface area contributed by atoms with Gasteiger partial charge in [0.1, 0.15) is 4.90 Å². The van der Waals surface area contributed by atoms with Crippen LogP contribution < -0.4 is 11.3 Å². The van der Waals surface area contributed by atoms with Crippen molar-refractivity contribution in [2.24, 2.45) is 11.8 Å². The molecule has 0 spiro atoms. The van der Waals surface area contributed by atoms with Crippen molar-refractivity contribution in [3.63, 3.8) is 0 Å². The topological polar surface area (TPSA) is 112 Å². The Kier molecular flexibility index (Phi) is 4.61. The van der Waals surface area contributed by atoms with Gasteiger partial charge in [0.15, 0.2) is 5.82 Å². The largest absolute Gasteiger partial charge is 0.307 e. The second-order valence-corrected chi connectivity index (χ2v) is 5.82. The molecule has 0 amide bonds. The van der Waals surface area contributed by atoms with Gasteiger partial charge in [-0.3, -0.25) is 0 Å². The zero-order chi connectivity index (χ0) is 13.8. The van der Waals surface area contributed by atoms with Gasteiger partial charge in [-0.1, -0.05) is 0 Å². The Bertz CT molecular complexity index is 552. The molecule has 7 nitrogen and oxygen atoms in total. The number of hydrazine groups is 1. The molecule has 0 saturated carbocycles. The molecule has 0 aromatic carbocycles. The van der Waals surface area contributed by atoms with Crippen molar-refractivity contribution < 1.29 is 8.42 Å². The zero-order valence-corrected chi connectivity index (χ0v) is 11.0. The first-order chi connectivity index (χ1) is 8.43. The molecule has 0 saturated heterocycles. The molecule has 1 aromatic heterocycles. The molecule has 1 aromatic rings. The molecule has 0 aliphatic rings. The van der Waals surface area contributed by atoms with Gasteiger partial charge in [0.2, 0.25) is 10.0 Å². The molecule has 18 heavy (non-hydrogen) atoms. The van der Waals surface area contributed by atoms with Crippen molar-refractivity contribution in [3.05, 3.63) is 18.3 Å². The van der Waals surface area contributed by atoms with Crippen LogP contribution in [0.3, 0.4) is 0 Å². The lowest BCUT2D eigenvalue weighted by atomic mass is 10.2. The van der Waals surface area contributed by atoms with Gasteiger partial charge in [0.25, 0.3) is 0 Å². The lowest BCUT2D eigenvalue weighted by Crippen LogP contribution is -2.31. The molecule has 1 heterocycles. The average molecular weight is 269 g/mol. The monoisotopic (exact) mass is 269 g/mol. The number of nitrogens with two attached hydrogens (primary N) is 1. The van der Waals surface area contributed by atoms with E-state index in [2.05, 4.69) is 10.4 Å². The Balaban J connectivity index is 3.10. The number of nitriles is 1. The van der Waals surface area contributed by atoms with E-state index in [1.807, 2.05) is 6.07 Å². The molecule has 0 aliphatic carbocycles. The fraction of sp³-hybridized carbons (Fsp3) is 0.400. The number of sulfonamides is 1. The van der Waals surface area contributed by atoms with Gasteiger partial charge in [-0.15, -0.1) is 0 Å². The van der Waals surface area contributed by atoms with Crippen LogP contribution in [0.25, 0.3) is 0 Å². The number of anilines is 1. The summed E-state index contributed by atoms with van der Waals surface area (Å²) >= 11 is 0. The van der Waals surface area contributed by atoms with Gasteiger partial charge < -0.3 is 5.43 Å². The van der Waals surface area contributed by atoms with Crippen LogP contribution in [0.4, 0.5) is 5.82 Å². The van der Waals surface area contributed by atoms with E-state index in [-0.39, 0.29) is 17.3 Å². The van der Waals surface area contributed by atoms with Crippen LogP contribution >= 0.6 is 0 Å². The Labute approximate surface area is 106 Å². The van der Waals surface area contributed by atoms with Crippen molar-refractivity contribution in [3.8, 4) is 6.07 Å². The molecule has 1 unspecified atom stereocenters. The number of rotatable bonds is 5. The third kappa shape index (κ3) is 2.95. The fourth-order valence-corrected chi connectivity index (χ4v) is 2.76. The SMILES string of the molecule is CC(C#N)CN(C)S(=O)(=O)c1cccnc1NN. The van der Waals surface area contributed by atoms with E-state index in [0.29, 0.717) is 0 Å². The Morgan fingerprint density at radius 3 is 2.89 bits per heavy atom. The predicted molar refractivity (Wildman–Crippen MR) is 66.6 cm³/mol. The highest BCUT2D eigenvalue weighted by Gasteiger charge is 2.25. The highest BCUT2D eigenvalue weighted by Crippen LogP contribution is 2.21. The van der Waals surface area contributed by atoms with Crippen molar-refractivity contribution in [1.29, 1.82) is 5.26 Å². The number of hydrogen-bond donors (Lipinski definition) is 2.